The number of fused-ring (bicyclic) bond motifs is 1. The summed E-state index contributed by atoms with van der Waals surface area (Å²) in [6.45, 7) is 8.38. The van der Waals surface area contributed by atoms with Crippen molar-refractivity contribution in [3.8, 4) is 10.6 Å². The highest BCUT2D eigenvalue weighted by Gasteiger charge is 2.18. The van der Waals surface area contributed by atoms with Gasteiger partial charge in [0.1, 0.15) is 0 Å². The van der Waals surface area contributed by atoms with Crippen LogP contribution < -0.4 is 10.6 Å². The van der Waals surface area contributed by atoms with Gasteiger partial charge in [0.2, 0.25) is 0 Å². The molecular formula is C18H25Cl2N5OS. The normalized spacial score (nSPS) is 10.5. The molecule has 6 nitrogen and oxygen atoms in total. The molecule has 0 atom stereocenters. The number of hydrogen-bond donors (Lipinski definition) is 2. The molecule has 0 unspecified atom stereocenters. The molecule has 0 aliphatic heterocycles. The number of likely N-dealkylation sites (N-methyl/N-ethyl adjacent to an activating group) is 1. The van der Waals surface area contributed by atoms with Crippen molar-refractivity contribution in [2.24, 2.45) is 0 Å². The number of hydrogen-bond acceptors (Lipinski definition) is 5. The fraction of sp³-hybridized carbons (Fsp3) is 0.389. The molecule has 3 rings (SSSR count). The summed E-state index contributed by atoms with van der Waals surface area (Å²) in [5.74, 6) is -0.0913. The largest absolute Gasteiger partial charge is 0.351 e. The lowest BCUT2D eigenvalue weighted by Crippen LogP contribution is -2.31. The van der Waals surface area contributed by atoms with Gasteiger partial charge < -0.3 is 10.6 Å². The van der Waals surface area contributed by atoms with Crippen LogP contribution in [0.1, 0.15) is 37.2 Å². The molecule has 0 fully saturated rings. The molecule has 3 aromatic heterocycles. The number of carbonyl (C=O) groups excluding carboxylic acids is 1. The maximum atomic E-state index is 12.7. The number of nitrogens with one attached hydrogen (secondary N) is 2. The van der Waals surface area contributed by atoms with E-state index < -0.39 is 0 Å². The Kier molecular flexibility index (Phi) is 9.18. The Morgan fingerprint density at radius 2 is 2.07 bits per heavy atom. The van der Waals surface area contributed by atoms with Gasteiger partial charge in [0.15, 0.2) is 5.65 Å². The molecule has 0 radical (unpaired) electrons. The summed E-state index contributed by atoms with van der Waals surface area (Å²) < 4.78 is 1.86. The molecule has 0 aliphatic carbocycles. The topological polar surface area (TPSA) is 71.8 Å². The summed E-state index contributed by atoms with van der Waals surface area (Å²) in [6.07, 6.45) is 1.74. The molecule has 9 heteroatoms. The Bertz CT molecular complexity index is 864. The highest BCUT2D eigenvalue weighted by Crippen LogP contribution is 2.28. The summed E-state index contributed by atoms with van der Waals surface area (Å²) in [5.41, 5.74) is 2.18. The van der Waals surface area contributed by atoms with E-state index in [-0.39, 0.29) is 36.8 Å². The number of carbonyl (C=O) groups is 1. The summed E-state index contributed by atoms with van der Waals surface area (Å²) in [4.78, 5) is 18.5. The Labute approximate surface area is 175 Å². The van der Waals surface area contributed by atoms with Crippen molar-refractivity contribution in [1.29, 1.82) is 0 Å². The van der Waals surface area contributed by atoms with E-state index in [1.165, 1.54) is 0 Å². The molecule has 0 saturated carbocycles. The van der Waals surface area contributed by atoms with E-state index in [2.05, 4.69) is 29.6 Å². The predicted molar refractivity (Wildman–Crippen MR) is 117 cm³/mol. The van der Waals surface area contributed by atoms with Crippen LogP contribution in [0.3, 0.4) is 0 Å². The molecule has 3 aromatic rings. The van der Waals surface area contributed by atoms with Gasteiger partial charge in [-0.15, -0.1) is 36.2 Å². The number of nitrogens with zero attached hydrogens (tertiary/aromatic N) is 3. The summed E-state index contributed by atoms with van der Waals surface area (Å²) >= 11 is 1.61. The van der Waals surface area contributed by atoms with Crippen molar-refractivity contribution >= 4 is 53.1 Å². The van der Waals surface area contributed by atoms with Crippen LogP contribution in [-0.2, 0) is 0 Å². The first-order valence-electron chi connectivity index (χ1n) is 8.53. The zero-order valence-electron chi connectivity index (χ0n) is 15.6. The first kappa shape index (κ1) is 23.4. The average molecular weight is 430 g/mol. The number of amides is 1. The van der Waals surface area contributed by atoms with E-state index in [4.69, 9.17) is 4.98 Å². The molecule has 0 aliphatic rings. The third-order valence-electron chi connectivity index (χ3n) is 3.91. The van der Waals surface area contributed by atoms with Gasteiger partial charge in [0.05, 0.1) is 27.7 Å². The number of rotatable bonds is 7. The van der Waals surface area contributed by atoms with Crippen LogP contribution in [0, 0.1) is 0 Å². The Hall–Kier alpha value is -1.67. The van der Waals surface area contributed by atoms with Crippen LogP contribution in [0.4, 0.5) is 0 Å². The third-order valence-corrected chi connectivity index (χ3v) is 4.80. The lowest BCUT2D eigenvalue weighted by molar-refractivity contribution is 0.0955. The summed E-state index contributed by atoms with van der Waals surface area (Å²) in [5, 5.41) is 13.4. The monoisotopic (exact) mass is 429 g/mol. The van der Waals surface area contributed by atoms with Crippen molar-refractivity contribution in [2.75, 3.05) is 19.6 Å². The van der Waals surface area contributed by atoms with E-state index in [1.807, 2.05) is 35.2 Å². The number of aromatic nitrogens is 3. The highest BCUT2D eigenvalue weighted by molar-refractivity contribution is 7.13. The molecule has 0 saturated heterocycles. The molecule has 0 bridgehead atoms. The fourth-order valence-electron chi connectivity index (χ4n) is 2.67. The van der Waals surface area contributed by atoms with E-state index in [0.717, 1.165) is 34.7 Å². The van der Waals surface area contributed by atoms with Crippen molar-refractivity contribution in [3.63, 3.8) is 0 Å². The molecule has 27 heavy (non-hydrogen) atoms. The number of pyridine rings is 1. The van der Waals surface area contributed by atoms with Crippen LogP contribution in [0.2, 0.25) is 0 Å². The predicted octanol–water partition coefficient (Wildman–Crippen LogP) is 3.92. The van der Waals surface area contributed by atoms with Gasteiger partial charge in [-0.25, -0.2) is 9.67 Å². The Balaban J connectivity index is 0.00000182. The summed E-state index contributed by atoms with van der Waals surface area (Å²) in [7, 11) is 0. The average Bonchev–Trinajstić information content (AvgIpc) is 3.26. The maximum Gasteiger partial charge on any atom is 0.252 e. The van der Waals surface area contributed by atoms with Gasteiger partial charge in [0, 0.05) is 19.1 Å². The van der Waals surface area contributed by atoms with Gasteiger partial charge in [-0.2, -0.15) is 5.10 Å². The number of halogens is 2. The molecule has 1 amide bonds. The standard InChI is InChI=1S/C18H23N5OS.2ClH/c1-4-19-7-8-20-18(24)13-10-15(16-6-5-9-25-16)22-17-14(13)11-21-23(17)12(2)3;;/h5-6,9-12,19H,4,7-8H2,1-3H3,(H,20,24);2*1H. The zero-order chi connectivity index (χ0) is 17.8. The quantitative estimate of drug-likeness (QED) is 0.558. The second-order valence-corrected chi connectivity index (χ2v) is 7.01. The van der Waals surface area contributed by atoms with Gasteiger partial charge in [-0.1, -0.05) is 13.0 Å². The minimum atomic E-state index is -0.0913. The van der Waals surface area contributed by atoms with Crippen LogP contribution in [0.25, 0.3) is 21.6 Å². The van der Waals surface area contributed by atoms with Gasteiger partial charge >= 0.3 is 0 Å². The molecule has 2 N–H and O–H groups in total. The third kappa shape index (κ3) is 5.19. The number of thiophene rings is 1. The fourth-order valence-corrected chi connectivity index (χ4v) is 3.36. The first-order valence-corrected chi connectivity index (χ1v) is 9.40. The molecule has 0 spiro atoms. The smallest absolute Gasteiger partial charge is 0.252 e. The SMILES string of the molecule is CCNCCNC(=O)c1cc(-c2cccs2)nc2c1cnn2C(C)C.Cl.Cl. The van der Waals surface area contributed by atoms with Crippen LogP contribution in [-0.4, -0.2) is 40.3 Å². The van der Waals surface area contributed by atoms with Gasteiger partial charge in [-0.05, 0) is 37.9 Å². The van der Waals surface area contributed by atoms with E-state index in [9.17, 15) is 4.79 Å². The molecule has 148 valence electrons. The van der Waals surface area contributed by atoms with E-state index >= 15 is 0 Å². The van der Waals surface area contributed by atoms with Crippen LogP contribution in [0.5, 0.6) is 0 Å². The van der Waals surface area contributed by atoms with E-state index in [0.29, 0.717) is 12.1 Å². The minimum Gasteiger partial charge on any atom is -0.351 e. The van der Waals surface area contributed by atoms with Crippen LogP contribution in [0.15, 0.2) is 29.8 Å². The van der Waals surface area contributed by atoms with Crippen molar-refractivity contribution in [1.82, 2.24) is 25.4 Å². The second kappa shape index (κ2) is 10.6. The lowest BCUT2D eigenvalue weighted by atomic mass is 10.1. The van der Waals surface area contributed by atoms with E-state index in [1.54, 1.807) is 17.5 Å². The van der Waals surface area contributed by atoms with Crippen molar-refractivity contribution in [2.45, 2.75) is 26.8 Å². The maximum absolute atomic E-state index is 12.7. The van der Waals surface area contributed by atoms with Crippen molar-refractivity contribution in [3.05, 3.63) is 35.3 Å². The lowest BCUT2D eigenvalue weighted by Gasteiger charge is -2.10. The Morgan fingerprint density at radius 3 is 2.70 bits per heavy atom. The summed E-state index contributed by atoms with van der Waals surface area (Å²) in [6, 6.07) is 6.04. The highest BCUT2D eigenvalue weighted by atomic mass is 35.5. The first-order chi connectivity index (χ1) is 12.1. The second-order valence-electron chi connectivity index (χ2n) is 6.06. The van der Waals surface area contributed by atoms with Crippen LogP contribution >= 0.6 is 36.2 Å². The van der Waals surface area contributed by atoms with Crippen molar-refractivity contribution < 1.29 is 4.79 Å². The zero-order valence-corrected chi connectivity index (χ0v) is 18.0. The molecule has 0 aromatic carbocycles. The molecular weight excluding hydrogens is 405 g/mol. The molecule has 3 heterocycles. The van der Waals surface area contributed by atoms with Gasteiger partial charge in [0.25, 0.3) is 5.91 Å². The van der Waals surface area contributed by atoms with Gasteiger partial charge in [-0.3, -0.25) is 4.79 Å². The minimum absolute atomic E-state index is 0. The Morgan fingerprint density at radius 1 is 1.30 bits per heavy atom.